The van der Waals surface area contributed by atoms with Gasteiger partial charge in [0.2, 0.25) is 5.91 Å². The Kier molecular flexibility index (Phi) is 4.28. The lowest BCUT2D eigenvalue weighted by Crippen LogP contribution is -2.35. The van der Waals surface area contributed by atoms with Crippen LogP contribution in [0, 0.1) is 5.41 Å². The van der Waals surface area contributed by atoms with Gasteiger partial charge in [-0.2, -0.15) is 0 Å². The van der Waals surface area contributed by atoms with Gasteiger partial charge in [0.1, 0.15) is 0 Å². The van der Waals surface area contributed by atoms with Crippen molar-refractivity contribution in [2.24, 2.45) is 5.41 Å². The van der Waals surface area contributed by atoms with E-state index in [2.05, 4.69) is 44.2 Å². The van der Waals surface area contributed by atoms with Crippen LogP contribution in [-0.4, -0.2) is 23.9 Å². The Labute approximate surface area is 116 Å². The minimum atomic E-state index is 0.216. The molecule has 0 aromatic heterocycles. The summed E-state index contributed by atoms with van der Waals surface area (Å²) >= 11 is 0. The fourth-order valence-corrected chi connectivity index (χ4v) is 2.92. The molecule has 1 aromatic rings. The van der Waals surface area contributed by atoms with E-state index in [-0.39, 0.29) is 11.3 Å². The zero-order chi connectivity index (χ0) is 13.9. The number of carbonyl (C=O) groups excluding carboxylic acids is 1. The molecule has 0 N–H and O–H groups in total. The number of carbonyl (C=O) groups is 1. The Hall–Kier alpha value is -1.31. The van der Waals surface area contributed by atoms with Crippen molar-refractivity contribution in [3.05, 3.63) is 35.9 Å². The highest BCUT2D eigenvalue weighted by Crippen LogP contribution is 2.59. The SMILES string of the molecule is CCCCN(CC1(C)CC1c1ccccc1)C(C)=O. The zero-order valence-corrected chi connectivity index (χ0v) is 12.4. The Morgan fingerprint density at radius 2 is 2.05 bits per heavy atom. The maximum Gasteiger partial charge on any atom is 0.219 e. The molecule has 1 aromatic carbocycles. The lowest BCUT2D eigenvalue weighted by Gasteiger charge is -2.25. The fraction of sp³-hybridized carbons (Fsp3) is 0.588. The molecular weight excluding hydrogens is 234 g/mol. The van der Waals surface area contributed by atoms with E-state index in [9.17, 15) is 4.79 Å². The van der Waals surface area contributed by atoms with E-state index in [1.54, 1.807) is 6.92 Å². The molecule has 2 unspecified atom stereocenters. The monoisotopic (exact) mass is 259 g/mol. The van der Waals surface area contributed by atoms with Gasteiger partial charge in [-0.05, 0) is 29.7 Å². The minimum absolute atomic E-state index is 0.216. The predicted molar refractivity (Wildman–Crippen MR) is 79.1 cm³/mol. The van der Waals surface area contributed by atoms with Crippen molar-refractivity contribution < 1.29 is 4.79 Å². The van der Waals surface area contributed by atoms with Gasteiger partial charge >= 0.3 is 0 Å². The van der Waals surface area contributed by atoms with Crippen molar-refractivity contribution >= 4 is 5.91 Å². The Morgan fingerprint density at radius 3 is 2.63 bits per heavy atom. The van der Waals surface area contributed by atoms with E-state index in [0.717, 1.165) is 25.9 Å². The number of hydrogen-bond acceptors (Lipinski definition) is 1. The van der Waals surface area contributed by atoms with Crippen LogP contribution in [0.5, 0.6) is 0 Å². The van der Waals surface area contributed by atoms with Gasteiger partial charge in [0.05, 0.1) is 0 Å². The van der Waals surface area contributed by atoms with Crippen LogP contribution in [0.1, 0.15) is 51.5 Å². The molecule has 2 nitrogen and oxygen atoms in total. The quantitative estimate of drug-likeness (QED) is 0.760. The summed E-state index contributed by atoms with van der Waals surface area (Å²) in [6.45, 7) is 7.99. The van der Waals surface area contributed by atoms with Gasteiger partial charge in [-0.15, -0.1) is 0 Å². The topological polar surface area (TPSA) is 20.3 Å². The smallest absolute Gasteiger partial charge is 0.219 e. The van der Waals surface area contributed by atoms with Crippen molar-refractivity contribution in [2.75, 3.05) is 13.1 Å². The van der Waals surface area contributed by atoms with Crippen LogP contribution in [0.15, 0.2) is 30.3 Å². The molecule has 1 fully saturated rings. The van der Waals surface area contributed by atoms with E-state index in [1.165, 1.54) is 12.0 Å². The maximum absolute atomic E-state index is 11.7. The average Bonchev–Trinajstić information content (AvgIpc) is 3.07. The minimum Gasteiger partial charge on any atom is -0.342 e. The fourth-order valence-electron chi connectivity index (χ4n) is 2.92. The number of nitrogens with zero attached hydrogens (tertiary/aromatic N) is 1. The molecule has 19 heavy (non-hydrogen) atoms. The van der Waals surface area contributed by atoms with Gasteiger partial charge in [-0.3, -0.25) is 4.79 Å². The molecule has 1 amide bonds. The van der Waals surface area contributed by atoms with Gasteiger partial charge in [0.15, 0.2) is 0 Å². The summed E-state index contributed by atoms with van der Waals surface area (Å²) in [5.41, 5.74) is 1.70. The van der Waals surface area contributed by atoms with Crippen LogP contribution in [0.25, 0.3) is 0 Å². The highest BCUT2D eigenvalue weighted by molar-refractivity contribution is 5.73. The van der Waals surface area contributed by atoms with Crippen molar-refractivity contribution in [2.45, 2.75) is 46.0 Å². The molecule has 0 bridgehead atoms. The van der Waals surface area contributed by atoms with Crippen LogP contribution in [0.2, 0.25) is 0 Å². The Balaban J connectivity index is 1.97. The summed E-state index contributed by atoms with van der Waals surface area (Å²) in [5.74, 6) is 0.838. The van der Waals surface area contributed by atoms with Gasteiger partial charge in [-0.25, -0.2) is 0 Å². The normalized spacial score (nSPS) is 25.1. The lowest BCUT2D eigenvalue weighted by atomic mass is 10.0. The molecule has 0 spiro atoms. The summed E-state index contributed by atoms with van der Waals surface area (Å²) < 4.78 is 0. The number of unbranched alkanes of at least 4 members (excludes halogenated alkanes) is 1. The predicted octanol–water partition coefficient (Wildman–Crippen LogP) is 3.83. The third kappa shape index (κ3) is 3.37. The molecule has 2 heteroatoms. The molecule has 1 saturated carbocycles. The van der Waals surface area contributed by atoms with E-state index in [0.29, 0.717) is 5.92 Å². The number of amides is 1. The first-order chi connectivity index (χ1) is 9.07. The van der Waals surface area contributed by atoms with Crippen LogP contribution >= 0.6 is 0 Å². The van der Waals surface area contributed by atoms with Crippen LogP contribution in [-0.2, 0) is 4.79 Å². The van der Waals surface area contributed by atoms with Gasteiger partial charge in [0, 0.05) is 20.0 Å². The van der Waals surface area contributed by atoms with Crippen LogP contribution < -0.4 is 0 Å². The second-order valence-corrected chi connectivity index (χ2v) is 6.12. The molecule has 2 atom stereocenters. The third-order valence-corrected chi connectivity index (χ3v) is 4.33. The highest BCUT2D eigenvalue weighted by atomic mass is 16.2. The van der Waals surface area contributed by atoms with E-state index in [4.69, 9.17) is 0 Å². The Morgan fingerprint density at radius 1 is 1.37 bits per heavy atom. The van der Waals surface area contributed by atoms with Crippen molar-refractivity contribution in [1.29, 1.82) is 0 Å². The van der Waals surface area contributed by atoms with Gasteiger partial charge < -0.3 is 4.90 Å². The summed E-state index contributed by atoms with van der Waals surface area (Å²) in [6.07, 6.45) is 3.45. The highest BCUT2D eigenvalue weighted by Gasteiger charge is 2.51. The molecule has 1 aliphatic rings. The standard InChI is InChI=1S/C17H25NO/c1-4-5-11-18(14(2)19)13-17(3)12-16(17)15-9-7-6-8-10-15/h6-10,16H,4-5,11-13H2,1-3H3. The number of hydrogen-bond donors (Lipinski definition) is 0. The number of benzene rings is 1. The summed E-state index contributed by atoms with van der Waals surface area (Å²) in [5, 5.41) is 0. The Bertz CT molecular complexity index is 428. The molecular formula is C17H25NO. The second kappa shape index (κ2) is 5.77. The van der Waals surface area contributed by atoms with Crippen LogP contribution in [0.3, 0.4) is 0 Å². The van der Waals surface area contributed by atoms with E-state index >= 15 is 0 Å². The molecule has 0 heterocycles. The molecule has 0 saturated heterocycles. The van der Waals surface area contributed by atoms with E-state index < -0.39 is 0 Å². The molecule has 104 valence electrons. The van der Waals surface area contributed by atoms with Crippen molar-refractivity contribution in [1.82, 2.24) is 4.90 Å². The van der Waals surface area contributed by atoms with Crippen LogP contribution in [0.4, 0.5) is 0 Å². The molecule has 2 rings (SSSR count). The first-order valence-corrected chi connectivity index (χ1v) is 7.37. The van der Waals surface area contributed by atoms with Crippen molar-refractivity contribution in [3.8, 4) is 0 Å². The zero-order valence-electron chi connectivity index (χ0n) is 12.4. The first-order valence-electron chi connectivity index (χ1n) is 7.37. The third-order valence-electron chi connectivity index (χ3n) is 4.33. The largest absolute Gasteiger partial charge is 0.342 e. The second-order valence-electron chi connectivity index (χ2n) is 6.12. The maximum atomic E-state index is 11.7. The van der Waals surface area contributed by atoms with Gasteiger partial charge in [-0.1, -0.05) is 50.6 Å². The van der Waals surface area contributed by atoms with Crippen molar-refractivity contribution in [3.63, 3.8) is 0 Å². The van der Waals surface area contributed by atoms with Gasteiger partial charge in [0.25, 0.3) is 0 Å². The molecule has 0 radical (unpaired) electrons. The molecule has 0 aliphatic heterocycles. The summed E-state index contributed by atoms with van der Waals surface area (Å²) in [6, 6.07) is 10.7. The summed E-state index contributed by atoms with van der Waals surface area (Å²) in [4.78, 5) is 13.8. The average molecular weight is 259 g/mol. The first kappa shape index (κ1) is 14.1. The molecule has 1 aliphatic carbocycles. The lowest BCUT2D eigenvalue weighted by molar-refractivity contribution is -0.129. The van der Waals surface area contributed by atoms with E-state index in [1.807, 2.05) is 4.90 Å². The number of rotatable bonds is 6. The summed E-state index contributed by atoms with van der Waals surface area (Å²) in [7, 11) is 0.